The summed E-state index contributed by atoms with van der Waals surface area (Å²) in [5.41, 5.74) is -0.104. The maximum absolute atomic E-state index is 12.7. The first kappa shape index (κ1) is 18.3. The highest BCUT2D eigenvalue weighted by atomic mass is 32.1. The predicted molar refractivity (Wildman–Crippen MR) is 90.2 cm³/mol. The summed E-state index contributed by atoms with van der Waals surface area (Å²) in [6.07, 6.45) is -1.73. The molecule has 0 aliphatic carbocycles. The first-order chi connectivity index (χ1) is 11.4. The lowest BCUT2D eigenvalue weighted by Gasteiger charge is -2.13. The number of thiazole rings is 1. The second-order valence-corrected chi connectivity index (χ2v) is 6.48. The first-order valence-electron chi connectivity index (χ1n) is 7.40. The van der Waals surface area contributed by atoms with Crippen molar-refractivity contribution in [2.75, 3.05) is 13.6 Å². The van der Waals surface area contributed by atoms with Gasteiger partial charge in [0.15, 0.2) is 5.96 Å². The zero-order chi connectivity index (χ0) is 17.6. The van der Waals surface area contributed by atoms with Crippen LogP contribution in [0, 0.1) is 6.92 Å². The van der Waals surface area contributed by atoms with Crippen LogP contribution >= 0.6 is 11.3 Å². The second kappa shape index (κ2) is 8.14. The van der Waals surface area contributed by atoms with E-state index < -0.39 is 11.7 Å². The van der Waals surface area contributed by atoms with Crippen LogP contribution in [0.4, 0.5) is 13.2 Å². The normalized spacial score (nSPS) is 12.3. The highest BCUT2D eigenvalue weighted by Gasteiger charge is 2.30. The number of aryl methyl sites for hydroxylation is 1. The Hall–Kier alpha value is -2.09. The molecule has 0 saturated carbocycles. The summed E-state index contributed by atoms with van der Waals surface area (Å²) >= 11 is 1.64. The molecule has 0 aliphatic rings. The number of aliphatic imine (C=N–C) groups is 1. The van der Waals surface area contributed by atoms with Gasteiger partial charge in [0.25, 0.3) is 0 Å². The molecule has 1 heterocycles. The summed E-state index contributed by atoms with van der Waals surface area (Å²) in [5, 5.41) is 7.17. The Labute approximate surface area is 142 Å². The van der Waals surface area contributed by atoms with Gasteiger partial charge in [0, 0.05) is 37.6 Å². The van der Waals surface area contributed by atoms with Crippen molar-refractivity contribution in [1.82, 2.24) is 15.6 Å². The van der Waals surface area contributed by atoms with E-state index in [1.54, 1.807) is 24.5 Å². The van der Waals surface area contributed by atoms with Crippen LogP contribution in [0.2, 0.25) is 0 Å². The largest absolute Gasteiger partial charge is 0.416 e. The van der Waals surface area contributed by atoms with Gasteiger partial charge in [-0.1, -0.05) is 12.1 Å². The first-order valence-corrected chi connectivity index (χ1v) is 8.22. The average molecular weight is 356 g/mol. The quantitative estimate of drug-likeness (QED) is 0.638. The molecule has 0 saturated heterocycles. The van der Waals surface area contributed by atoms with E-state index in [9.17, 15) is 13.2 Å². The number of nitrogens with zero attached hydrogens (tertiary/aromatic N) is 2. The number of aromatic nitrogens is 1. The van der Waals surface area contributed by atoms with Crippen LogP contribution < -0.4 is 10.6 Å². The summed E-state index contributed by atoms with van der Waals surface area (Å²) in [5.74, 6) is 0.542. The van der Waals surface area contributed by atoms with Crippen LogP contribution in [0.15, 0.2) is 35.5 Å². The number of alkyl halides is 3. The van der Waals surface area contributed by atoms with Crippen LogP contribution in [-0.2, 0) is 19.1 Å². The number of guanidine groups is 1. The molecule has 2 aromatic rings. The fourth-order valence-electron chi connectivity index (χ4n) is 2.07. The summed E-state index contributed by atoms with van der Waals surface area (Å²) < 4.78 is 38.1. The molecule has 0 unspecified atom stereocenters. The van der Waals surface area contributed by atoms with Gasteiger partial charge in [0.05, 0.1) is 10.6 Å². The monoisotopic (exact) mass is 356 g/mol. The SMILES string of the molecule is CN=C(NCCc1ncc(C)s1)NCc1cccc(C(F)(F)F)c1. The standard InChI is InChI=1S/C16H19F3N4S/c1-11-9-22-14(24-11)6-7-21-15(20-2)23-10-12-4-3-5-13(8-12)16(17,18)19/h3-5,8-9H,6-7,10H2,1-2H3,(H2,20,21,23). The van der Waals surface area contributed by atoms with Crippen molar-refractivity contribution >= 4 is 17.3 Å². The highest BCUT2D eigenvalue weighted by Crippen LogP contribution is 2.29. The van der Waals surface area contributed by atoms with Crippen molar-refractivity contribution in [2.24, 2.45) is 4.99 Å². The van der Waals surface area contributed by atoms with Crippen molar-refractivity contribution in [2.45, 2.75) is 26.1 Å². The summed E-state index contributed by atoms with van der Waals surface area (Å²) in [7, 11) is 1.62. The van der Waals surface area contributed by atoms with E-state index in [0.29, 0.717) is 18.1 Å². The molecule has 0 amide bonds. The van der Waals surface area contributed by atoms with Crippen molar-refractivity contribution < 1.29 is 13.2 Å². The zero-order valence-electron chi connectivity index (χ0n) is 13.4. The zero-order valence-corrected chi connectivity index (χ0v) is 14.3. The van der Waals surface area contributed by atoms with Gasteiger partial charge in [0.1, 0.15) is 0 Å². The summed E-state index contributed by atoms with van der Waals surface area (Å²) in [4.78, 5) is 9.51. The third kappa shape index (κ3) is 5.52. The number of benzene rings is 1. The molecule has 0 spiro atoms. The van der Waals surface area contributed by atoms with Gasteiger partial charge in [-0.2, -0.15) is 13.2 Å². The molecule has 8 heteroatoms. The molecule has 0 fully saturated rings. The van der Waals surface area contributed by atoms with E-state index in [1.165, 1.54) is 6.07 Å². The van der Waals surface area contributed by atoms with Gasteiger partial charge < -0.3 is 10.6 Å². The second-order valence-electron chi connectivity index (χ2n) is 5.17. The molecule has 2 N–H and O–H groups in total. The molecule has 1 aromatic carbocycles. The third-order valence-electron chi connectivity index (χ3n) is 3.24. The van der Waals surface area contributed by atoms with E-state index >= 15 is 0 Å². The predicted octanol–water partition coefficient (Wildman–Crippen LogP) is 3.38. The van der Waals surface area contributed by atoms with Gasteiger partial charge in [-0.3, -0.25) is 4.99 Å². The molecule has 0 bridgehead atoms. The molecule has 130 valence electrons. The maximum Gasteiger partial charge on any atom is 0.416 e. The van der Waals surface area contributed by atoms with Gasteiger partial charge in [-0.05, 0) is 24.6 Å². The van der Waals surface area contributed by atoms with Crippen LogP contribution in [0.1, 0.15) is 21.0 Å². The van der Waals surface area contributed by atoms with Crippen LogP contribution in [-0.4, -0.2) is 24.5 Å². The molecular formula is C16H19F3N4S. The fourth-order valence-corrected chi connectivity index (χ4v) is 2.86. The van der Waals surface area contributed by atoms with E-state index in [-0.39, 0.29) is 6.54 Å². The Morgan fingerprint density at radius 3 is 2.71 bits per heavy atom. The number of nitrogens with one attached hydrogen (secondary N) is 2. The van der Waals surface area contributed by atoms with Gasteiger partial charge in [0.2, 0.25) is 0 Å². The van der Waals surface area contributed by atoms with E-state index in [1.807, 2.05) is 13.1 Å². The van der Waals surface area contributed by atoms with Crippen LogP contribution in [0.5, 0.6) is 0 Å². The smallest absolute Gasteiger partial charge is 0.356 e. The van der Waals surface area contributed by atoms with Crippen molar-refractivity contribution in [3.05, 3.63) is 51.5 Å². The lowest BCUT2D eigenvalue weighted by Crippen LogP contribution is -2.37. The minimum absolute atomic E-state index is 0.264. The minimum atomic E-state index is -4.33. The molecule has 0 aliphatic heterocycles. The molecule has 0 radical (unpaired) electrons. The van der Waals surface area contributed by atoms with Crippen molar-refractivity contribution in [3.8, 4) is 0 Å². The number of rotatable bonds is 5. The van der Waals surface area contributed by atoms with Gasteiger partial charge in [-0.15, -0.1) is 11.3 Å². The Morgan fingerprint density at radius 1 is 1.29 bits per heavy atom. The fraction of sp³-hybridized carbons (Fsp3) is 0.375. The Morgan fingerprint density at radius 2 is 2.08 bits per heavy atom. The lowest BCUT2D eigenvalue weighted by molar-refractivity contribution is -0.137. The summed E-state index contributed by atoms with van der Waals surface area (Å²) in [6.45, 7) is 2.92. The Kier molecular flexibility index (Phi) is 6.19. The third-order valence-corrected chi connectivity index (χ3v) is 4.21. The Bertz CT molecular complexity index is 695. The van der Waals surface area contributed by atoms with E-state index in [4.69, 9.17) is 0 Å². The maximum atomic E-state index is 12.7. The molecular weight excluding hydrogens is 337 g/mol. The Balaban J connectivity index is 1.83. The summed E-state index contributed by atoms with van der Waals surface area (Å²) in [6, 6.07) is 5.25. The lowest BCUT2D eigenvalue weighted by atomic mass is 10.1. The average Bonchev–Trinajstić information content (AvgIpc) is 2.95. The van der Waals surface area contributed by atoms with Crippen LogP contribution in [0.25, 0.3) is 0 Å². The van der Waals surface area contributed by atoms with Crippen molar-refractivity contribution in [3.63, 3.8) is 0 Å². The van der Waals surface area contributed by atoms with Crippen molar-refractivity contribution in [1.29, 1.82) is 0 Å². The number of hydrogen-bond acceptors (Lipinski definition) is 3. The minimum Gasteiger partial charge on any atom is -0.356 e. The molecule has 0 atom stereocenters. The number of hydrogen-bond donors (Lipinski definition) is 2. The van der Waals surface area contributed by atoms with E-state index in [0.717, 1.165) is 28.4 Å². The van der Waals surface area contributed by atoms with Gasteiger partial charge in [-0.25, -0.2) is 4.98 Å². The number of halogens is 3. The molecule has 4 nitrogen and oxygen atoms in total. The molecule has 1 aromatic heterocycles. The van der Waals surface area contributed by atoms with E-state index in [2.05, 4.69) is 20.6 Å². The van der Waals surface area contributed by atoms with Crippen LogP contribution in [0.3, 0.4) is 0 Å². The molecule has 24 heavy (non-hydrogen) atoms. The van der Waals surface area contributed by atoms with Gasteiger partial charge >= 0.3 is 6.18 Å². The topological polar surface area (TPSA) is 49.3 Å². The highest BCUT2D eigenvalue weighted by molar-refractivity contribution is 7.11. The molecule has 2 rings (SSSR count).